The summed E-state index contributed by atoms with van der Waals surface area (Å²) in [5.74, 6) is 0. The number of rotatable bonds is 7. The van der Waals surface area contributed by atoms with Crippen LogP contribution >= 0.6 is 0 Å². The Bertz CT molecular complexity index is 740. The lowest BCUT2D eigenvalue weighted by atomic mass is 10.1. The standard InChI is InChI=1S/C17H20F3NO3/c1-2-12-4-5-14-13(9-16(23)24-15(14)8-12)10-21(6-3-7-22)11-17(18,19)20/h4-5,8-9,22H,2-3,6-7,10-11H2,1H3. The maximum atomic E-state index is 12.7. The molecule has 0 bridgehead atoms. The molecule has 0 amide bonds. The number of alkyl halides is 3. The molecule has 0 fully saturated rings. The van der Waals surface area contributed by atoms with Crippen molar-refractivity contribution < 1.29 is 22.7 Å². The normalized spacial score (nSPS) is 12.2. The topological polar surface area (TPSA) is 53.7 Å². The molecule has 0 saturated heterocycles. The molecule has 1 heterocycles. The summed E-state index contributed by atoms with van der Waals surface area (Å²) in [5, 5.41) is 9.51. The number of halogens is 3. The van der Waals surface area contributed by atoms with Crippen LogP contribution in [0.1, 0.15) is 24.5 Å². The van der Waals surface area contributed by atoms with E-state index in [-0.39, 0.29) is 26.1 Å². The fourth-order valence-corrected chi connectivity index (χ4v) is 2.63. The monoisotopic (exact) mass is 343 g/mol. The number of benzene rings is 1. The molecule has 0 aliphatic carbocycles. The Kier molecular flexibility index (Phi) is 6.01. The van der Waals surface area contributed by atoms with Crippen LogP contribution in [0.2, 0.25) is 0 Å². The van der Waals surface area contributed by atoms with Crippen molar-refractivity contribution in [3.63, 3.8) is 0 Å². The largest absolute Gasteiger partial charge is 0.423 e. The summed E-state index contributed by atoms with van der Waals surface area (Å²) in [7, 11) is 0. The lowest BCUT2D eigenvalue weighted by Gasteiger charge is -2.23. The fraction of sp³-hybridized carbons (Fsp3) is 0.471. The van der Waals surface area contributed by atoms with Gasteiger partial charge in [0.2, 0.25) is 0 Å². The van der Waals surface area contributed by atoms with Crippen LogP contribution in [0.5, 0.6) is 0 Å². The Labute approximate surface area is 137 Å². The molecule has 7 heteroatoms. The first-order valence-electron chi connectivity index (χ1n) is 7.78. The van der Waals surface area contributed by atoms with Crippen LogP contribution in [0.3, 0.4) is 0 Å². The van der Waals surface area contributed by atoms with Crippen LogP contribution in [0.15, 0.2) is 33.5 Å². The van der Waals surface area contributed by atoms with E-state index in [2.05, 4.69) is 0 Å². The molecule has 1 aromatic heterocycles. The third-order valence-corrected chi connectivity index (χ3v) is 3.73. The van der Waals surface area contributed by atoms with Gasteiger partial charge < -0.3 is 9.52 Å². The highest BCUT2D eigenvalue weighted by Crippen LogP contribution is 2.23. The van der Waals surface area contributed by atoms with Crippen molar-refractivity contribution in [2.45, 2.75) is 32.5 Å². The Balaban J connectivity index is 2.36. The first-order valence-corrected chi connectivity index (χ1v) is 7.78. The van der Waals surface area contributed by atoms with E-state index < -0.39 is 18.3 Å². The second kappa shape index (κ2) is 7.81. The summed E-state index contributed by atoms with van der Waals surface area (Å²) in [5.41, 5.74) is 1.27. The highest BCUT2D eigenvalue weighted by Gasteiger charge is 2.30. The van der Waals surface area contributed by atoms with Gasteiger partial charge in [0.15, 0.2) is 0 Å². The minimum absolute atomic E-state index is 0.0346. The second-order valence-corrected chi connectivity index (χ2v) is 5.68. The molecule has 0 unspecified atom stereocenters. The molecular formula is C17H20F3NO3. The van der Waals surface area contributed by atoms with E-state index in [1.807, 2.05) is 13.0 Å². The zero-order chi connectivity index (χ0) is 17.7. The minimum atomic E-state index is -4.35. The van der Waals surface area contributed by atoms with Crippen molar-refractivity contribution in [1.82, 2.24) is 4.90 Å². The average Bonchev–Trinajstić information content (AvgIpc) is 2.50. The molecule has 24 heavy (non-hydrogen) atoms. The Morgan fingerprint density at radius 2 is 2.00 bits per heavy atom. The number of aliphatic hydroxyl groups is 1. The number of aliphatic hydroxyl groups excluding tert-OH is 1. The lowest BCUT2D eigenvalue weighted by molar-refractivity contribution is -0.147. The summed E-state index contributed by atoms with van der Waals surface area (Å²) in [6, 6.07) is 6.61. The summed E-state index contributed by atoms with van der Waals surface area (Å²) in [6.45, 7) is 0.731. The number of hydrogen-bond acceptors (Lipinski definition) is 4. The summed E-state index contributed by atoms with van der Waals surface area (Å²) >= 11 is 0. The van der Waals surface area contributed by atoms with Crippen LogP contribution in [0.25, 0.3) is 11.0 Å². The van der Waals surface area contributed by atoms with E-state index in [9.17, 15) is 18.0 Å². The second-order valence-electron chi connectivity index (χ2n) is 5.68. The molecule has 0 saturated carbocycles. The molecule has 0 aliphatic rings. The van der Waals surface area contributed by atoms with Gasteiger partial charge in [0.25, 0.3) is 0 Å². The third kappa shape index (κ3) is 5.07. The van der Waals surface area contributed by atoms with Crippen molar-refractivity contribution in [1.29, 1.82) is 0 Å². The van der Waals surface area contributed by atoms with Crippen LogP contribution in [0.4, 0.5) is 13.2 Å². The molecule has 2 rings (SSSR count). The third-order valence-electron chi connectivity index (χ3n) is 3.73. The molecule has 1 N–H and O–H groups in total. The summed E-state index contributed by atoms with van der Waals surface area (Å²) in [4.78, 5) is 12.9. The quantitative estimate of drug-likeness (QED) is 0.785. The van der Waals surface area contributed by atoms with E-state index in [4.69, 9.17) is 9.52 Å². The van der Waals surface area contributed by atoms with Gasteiger partial charge in [0, 0.05) is 31.1 Å². The Morgan fingerprint density at radius 1 is 1.25 bits per heavy atom. The predicted molar refractivity (Wildman–Crippen MR) is 84.9 cm³/mol. The van der Waals surface area contributed by atoms with Gasteiger partial charge in [-0.3, -0.25) is 4.90 Å². The first-order chi connectivity index (χ1) is 11.3. The summed E-state index contributed by atoms with van der Waals surface area (Å²) in [6.07, 6.45) is -3.35. The molecule has 132 valence electrons. The van der Waals surface area contributed by atoms with Crippen LogP contribution in [-0.4, -0.2) is 35.9 Å². The van der Waals surface area contributed by atoms with Gasteiger partial charge >= 0.3 is 11.8 Å². The Morgan fingerprint density at radius 3 is 2.62 bits per heavy atom. The van der Waals surface area contributed by atoms with E-state index in [1.54, 1.807) is 12.1 Å². The molecule has 2 aromatic rings. The van der Waals surface area contributed by atoms with Gasteiger partial charge in [0.1, 0.15) is 5.58 Å². The van der Waals surface area contributed by atoms with Crippen molar-refractivity contribution >= 4 is 11.0 Å². The van der Waals surface area contributed by atoms with Crippen LogP contribution < -0.4 is 5.63 Å². The smallest absolute Gasteiger partial charge is 0.401 e. The van der Waals surface area contributed by atoms with Gasteiger partial charge in [-0.25, -0.2) is 4.79 Å². The fourth-order valence-electron chi connectivity index (χ4n) is 2.63. The minimum Gasteiger partial charge on any atom is -0.423 e. The molecule has 1 aromatic carbocycles. The molecule has 0 spiro atoms. The van der Waals surface area contributed by atoms with Gasteiger partial charge in [-0.1, -0.05) is 19.1 Å². The Hall–Kier alpha value is -1.86. The maximum Gasteiger partial charge on any atom is 0.401 e. The highest BCUT2D eigenvalue weighted by molar-refractivity contribution is 5.80. The molecule has 0 radical (unpaired) electrons. The van der Waals surface area contributed by atoms with Crippen LogP contribution in [-0.2, 0) is 13.0 Å². The maximum absolute atomic E-state index is 12.7. The van der Waals surface area contributed by atoms with Gasteiger partial charge in [-0.2, -0.15) is 13.2 Å². The van der Waals surface area contributed by atoms with Crippen molar-refractivity contribution in [2.24, 2.45) is 0 Å². The van der Waals surface area contributed by atoms with Crippen molar-refractivity contribution in [3.05, 3.63) is 45.8 Å². The number of aryl methyl sites for hydroxylation is 1. The van der Waals surface area contributed by atoms with E-state index in [0.29, 0.717) is 16.5 Å². The average molecular weight is 343 g/mol. The molecule has 0 aliphatic heterocycles. The zero-order valence-corrected chi connectivity index (χ0v) is 13.4. The highest BCUT2D eigenvalue weighted by atomic mass is 19.4. The van der Waals surface area contributed by atoms with Gasteiger partial charge in [-0.05, 0) is 30.0 Å². The first kappa shape index (κ1) is 18.5. The van der Waals surface area contributed by atoms with Gasteiger partial charge in [-0.15, -0.1) is 0 Å². The molecular weight excluding hydrogens is 323 g/mol. The van der Waals surface area contributed by atoms with Crippen LogP contribution in [0, 0.1) is 0 Å². The van der Waals surface area contributed by atoms with E-state index in [0.717, 1.165) is 12.0 Å². The SMILES string of the molecule is CCc1ccc2c(CN(CCCO)CC(F)(F)F)cc(=O)oc2c1. The van der Waals surface area contributed by atoms with Crippen molar-refractivity contribution in [3.8, 4) is 0 Å². The summed E-state index contributed by atoms with van der Waals surface area (Å²) < 4.78 is 43.4. The molecule has 4 nitrogen and oxygen atoms in total. The lowest BCUT2D eigenvalue weighted by Crippen LogP contribution is -2.35. The number of nitrogens with zero attached hydrogens (tertiary/aromatic N) is 1. The zero-order valence-electron chi connectivity index (χ0n) is 13.4. The van der Waals surface area contributed by atoms with E-state index in [1.165, 1.54) is 11.0 Å². The van der Waals surface area contributed by atoms with Gasteiger partial charge in [0.05, 0.1) is 6.54 Å². The van der Waals surface area contributed by atoms with E-state index >= 15 is 0 Å². The number of fused-ring (bicyclic) bond motifs is 1. The van der Waals surface area contributed by atoms with Crippen molar-refractivity contribution in [2.75, 3.05) is 19.7 Å². The number of hydrogen-bond donors (Lipinski definition) is 1. The molecule has 0 atom stereocenters. The predicted octanol–water partition coefficient (Wildman–Crippen LogP) is 3.10.